The molecule has 6 heteroatoms. The highest BCUT2D eigenvalue weighted by atomic mass is 16.5. The maximum absolute atomic E-state index is 5.51. The molecule has 1 aromatic heterocycles. The third-order valence-electron chi connectivity index (χ3n) is 3.48. The second kappa shape index (κ2) is 6.43. The number of aromatic nitrogens is 2. The van der Waals surface area contributed by atoms with Crippen molar-refractivity contribution in [2.45, 2.75) is 25.8 Å². The van der Waals surface area contributed by atoms with E-state index in [1.807, 2.05) is 19.1 Å². The third kappa shape index (κ3) is 3.72. The molecule has 6 nitrogen and oxygen atoms in total. The number of amidine groups is 1. The van der Waals surface area contributed by atoms with Crippen LogP contribution < -0.4 is 11.1 Å². The van der Waals surface area contributed by atoms with Crippen molar-refractivity contribution < 1.29 is 4.74 Å². The number of rotatable bonds is 5. The number of aryl methyl sites for hydroxylation is 2. The van der Waals surface area contributed by atoms with E-state index in [2.05, 4.69) is 32.4 Å². The van der Waals surface area contributed by atoms with Crippen LogP contribution in [0.4, 0.5) is 11.5 Å². The van der Waals surface area contributed by atoms with E-state index in [0.29, 0.717) is 12.6 Å². The average molecular weight is 297 g/mol. The average Bonchev–Trinajstić information content (AvgIpc) is 2.92. The van der Waals surface area contributed by atoms with Gasteiger partial charge in [0.15, 0.2) is 0 Å². The predicted molar refractivity (Wildman–Crippen MR) is 86.2 cm³/mol. The van der Waals surface area contributed by atoms with Gasteiger partial charge in [0.05, 0.1) is 17.9 Å². The molecule has 3 N–H and O–H groups in total. The highest BCUT2D eigenvalue weighted by Gasteiger charge is 2.16. The van der Waals surface area contributed by atoms with Crippen LogP contribution in [-0.2, 0) is 11.2 Å². The number of nitrogens with zero attached hydrogens (tertiary/aromatic N) is 3. The minimum Gasteiger partial charge on any atom is -0.463 e. The van der Waals surface area contributed by atoms with Gasteiger partial charge in [-0.2, -0.15) is 0 Å². The largest absolute Gasteiger partial charge is 0.463 e. The number of hydrogen-bond acceptors (Lipinski definition) is 6. The van der Waals surface area contributed by atoms with Gasteiger partial charge in [-0.05, 0) is 37.5 Å². The molecule has 0 amide bonds. The van der Waals surface area contributed by atoms with Gasteiger partial charge in [0.2, 0.25) is 0 Å². The van der Waals surface area contributed by atoms with Gasteiger partial charge in [-0.15, -0.1) is 0 Å². The lowest BCUT2D eigenvalue weighted by atomic mass is 10.1. The highest BCUT2D eigenvalue weighted by Crippen LogP contribution is 2.17. The Morgan fingerprint density at radius 1 is 1.27 bits per heavy atom. The molecule has 0 radical (unpaired) electrons. The lowest BCUT2D eigenvalue weighted by Gasteiger charge is -2.08. The van der Waals surface area contributed by atoms with Crippen molar-refractivity contribution in [3.8, 4) is 0 Å². The Morgan fingerprint density at radius 3 is 2.77 bits per heavy atom. The van der Waals surface area contributed by atoms with E-state index in [4.69, 9.17) is 10.5 Å². The van der Waals surface area contributed by atoms with E-state index in [1.165, 1.54) is 5.56 Å². The zero-order chi connectivity index (χ0) is 15.4. The van der Waals surface area contributed by atoms with E-state index in [9.17, 15) is 0 Å². The molecule has 1 atom stereocenters. The summed E-state index contributed by atoms with van der Waals surface area (Å²) in [7, 11) is 0. The fourth-order valence-electron chi connectivity index (χ4n) is 2.34. The van der Waals surface area contributed by atoms with Gasteiger partial charge < -0.3 is 15.8 Å². The summed E-state index contributed by atoms with van der Waals surface area (Å²) in [5.41, 5.74) is 8.66. The van der Waals surface area contributed by atoms with Crippen molar-refractivity contribution in [1.82, 2.24) is 9.97 Å². The molecular weight excluding hydrogens is 278 g/mol. The molecule has 114 valence electrons. The molecule has 1 aliphatic rings. The molecule has 3 rings (SSSR count). The first-order valence-electron chi connectivity index (χ1n) is 7.30. The van der Waals surface area contributed by atoms with Crippen LogP contribution >= 0.6 is 0 Å². The van der Waals surface area contributed by atoms with Gasteiger partial charge in [0, 0.05) is 11.9 Å². The van der Waals surface area contributed by atoms with Crippen molar-refractivity contribution >= 4 is 17.5 Å². The highest BCUT2D eigenvalue weighted by molar-refractivity contribution is 5.73. The topological polar surface area (TPSA) is 85.4 Å². The first kappa shape index (κ1) is 14.3. The van der Waals surface area contributed by atoms with Crippen molar-refractivity contribution in [3.05, 3.63) is 47.9 Å². The van der Waals surface area contributed by atoms with Crippen LogP contribution in [0.3, 0.4) is 0 Å². The van der Waals surface area contributed by atoms with Gasteiger partial charge in [0.25, 0.3) is 6.02 Å². The van der Waals surface area contributed by atoms with Crippen LogP contribution in [0, 0.1) is 6.92 Å². The second-order valence-electron chi connectivity index (χ2n) is 5.34. The molecule has 2 heterocycles. The molecule has 1 aliphatic heterocycles. The number of aliphatic imine (C=N–C) groups is 1. The molecule has 0 saturated carbocycles. The minimum atomic E-state index is 0.181. The Balaban J connectivity index is 1.56. The Morgan fingerprint density at radius 2 is 2.09 bits per heavy atom. The molecular formula is C16H19N5O. The van der Waals surface area contributed by atoms with Gasteiger partial charge in [-0.25, -0.2) is 9.98 Å². The van der Waals surface area contributed by atoms with Crippen LogP contribution in [0.5, 0.6) is 0 Å². The molecule has 0 bridgehead atoms. The van der Waals surface area contributed by atoms with Crippen LogP contribution in [-0.4, -0.2) is 28.6 Å². The number of ether oxygens (including phenoxy) is 1. The summed E-state index contributed by atoms with van der Waals surface area (Å²) >= 11 is 0. The smallest absolute Gasteiger partial charge is 0.282 e. The number of hydrogen-bond donors (Lipinski definition) is 2. The summed E-state index contributed by atoms with van der Waals surface area (Å²) < 4.78 is 5.15. The van der Waals surface area contributed by atoms with Gasteiger partial charge in [0.1, 0.15) is 12.4 Å². The second-order valence-corrected chi connectivity index (χ2v) is 5.34. The van der Waals surface area contributed by atoms with Crippen LogP contribution in [0.25, 0.3) is 0 Å². The summed E-state index contributed by atoms with van der Waals surface area (Å²) in [6.07, 6.45) is 5.34. The minimum absolute atomic E-state index is 0.181. The normalized spacial score (nSPS) is 17.0. The maximum atomic E-state index is 5.51. The Bertz CT molecular complexity index is 668. The Labute approximate surface area is 129 Å². The van der Waals surface area contributed by atoms with Gasteiger partial charge >= 0.3 is 0 Å². The van der Waals surface area contributed by atoms with Crippen LogP contribution in [0.1, 0.15) is 17.7 Å². The fourth-order valence-corrected chi connectivity index (χ4v) is 2.34. The van der Waals surface area contributed by atoms with E-state index in [1.54, 1.807) is 12.4 Å². The van der Waals surface area contributed by atoms with Crippen LogP contribution in [0.15, 0.2) is 41.7 Å². The van der Waals surface area contributed by atoms with Crippen molar-refractivity contribution in [2.24, 2.45) is 10.7 Å². The Hall–Kier alpha value is -2.63. The lowest BCUT2D eigenvalue weighted by Crippen LogP contribution is -2.10. The van der Waals surface area contributed by atoms with E-state index < -0.39 is 0 Å². The molecule has 22 heavy (non-hydrogen) atoms. The quantitative estimate of drug-likeness (QED) is 0.883. The van der Waals surface area contributed by atoms with E-state index in [0.717, 1.165) is 30.0 Å². The summed E-state index contributed by atoms with van der Waals surface area (Å²) in [4.78, 5) is 12.7. The van der Waals surface area contributed by atoms with E-state index >= 15 is 0 Å². The van der Waals surface area contributed by atoms with Gasteiger partial charge in [-0.3, -0.25) is 4.98 Å². The summed E-state index contributed by atoms with van der Waals surface area (Å²) in [6.45, 7) is 2.51. The molecule has 1 unspecified atom stereocenters. The predicted octanol–water partition coefficient (Wildman–Crippen LogP) is 2.17. The summed E-state index contributed by atoms with van der Waals surface area (Å²) in [5.74, 6) is 0.751. The van der Waals surface area contributed by atoms with Crippen molar-refractivity contribution in [3.63, 3.8) is 0 Å². The van der Waals surface area contributed by atoms with Crippen molar-refractivity contribution in [1.29, 1.82) is 0 Å². The first-order valence-corrected chi connectivity index (χ1v) is 7.30. The summed E-state index contributed by atoms with van der Waals surface area (Å²) in [6, 6.07) is 8.79. The van der Waals surface area contributed by atoms with Crippen molar-refractivity contribution in [2.75, 3.05) is 11.9 Å². The molecule has 0 aliphatic carbocycles. The number of nitrogens with two attached hydrogens (primary N) is 1. The molecule has 0 fully saturated rings. The van der Waals surface area contributed by atoms with E-state index in [-0.39, 0.29) is 6.04 Å². The third-order valence-corrected chi connectivity index (χ3v) is 3.48. The standard InChI is InChI=1S/C16H19N5O/c1-11-8-18-9-15(19-11)20-13-5-2-12(3-6-13)4-7-14-10-22-16(17)21-14/h2-3,5-6,8-9,14H,4,7,10H2,1H3,(H2,17,21)(H,19,20). The van der Waals surface area contributed by atoms with Gasteiger partial charge in [-0.1, -0.05) is 12.1 Å². The number of benzene rings is 1. The maximum Gasteiger partial charge on any atom is 0.282 e. The SMILES string of the molecule is Cc1cncc(Nc2ccc(CCC3COC(N)=N3)cc2)n1. The molecule has 1 aromatic carbocycles. The number of nitrogens with one attached hydrogen (secondary N) is 1. The zero-order valence-corrected chi connectivity index (χ0v) is 12.5. The molecule has 0 spiro atoms. The Kier molecular flexibility index (Phi) is 4.18. The number of anilines is 2. The monoisotopic (exact) mass is 297 g/mol. The molecule has 2 aromatic rings. The first-order chi connectivity index (χ1) is 10.7. The molecule has 0 saturated heterocycles. The fraction of sp³-hybridized carbons (Fsp3) is 0.312. The lowest BCUT2D eigenvalue weighted by molar-refractivity contribution is 0.308. The van der Waals surface area contributed by atoms with Crippen LogP contribution in [0.2, 0.25) is 0 Å². The zero-order valence-electron chi connectivity index (χ0n) is 12.5. The summed E-state index contributed by atoms with van der Waals surface area (Å²) in [5, 5.41) is 3.24.